The Kier molecular flexibility index (Phi) is 3.86. The van der Waals surface area contributed by atoms with E-state index in [1.54, 1.807) is 25.1 Å². The molecule has 0 radical (unpaired) electrons. The van der Waals surface area contributed by atoms with E-state index >= 15 is 0 Å². The summed E-state index contributed by atoms with van der Waals surface area (Å²) in [4.78, 5) is 11.3. The number of sulfonamides is 1. The van der Waals surface area contributed by atoms with Gasteiger partial charge in [0.05, 0.1) is 16.1 Å². The van der Waals surface area contributed by atoms with E-state index in [1.807, 2.05) is 0 Å². The van der Waals surface area contributed by atoms with Crippen molar-refractivity contribution in [3.05, 3.63) is 53.6 Å². The molecule has 0 bridgehead atoms. The first-order valence-electron chi connectivity index (χ1n) is 6.02. The summed E-state index contributed by atoms with van der Waals surface area (Å²) < 4.78 is 27.0. The summed E-state index contributed by atoms with van der Waals surface area (Å²) in [5, 5.41) is 9.12. The van der Waals surface area contributed by atoms with Crippen LogP contribution in [0.2, 0.25) is 0 Å². The van der Waals surface area contributed by atoms with Gasteiger partial charge < -0.3 is 10.8 Å². The second kappa shape index (κ2) is 5.45. The quantitative estimate of drug-likeness (QED) is 0.749. The van der Waals surface area contributed by atoms with E-state index in [1.165, 1.54) is 24.3 Å². The molecule has 2 aromatic rings. The average molecular weight is 306 g/mol. The highest BCUT2D eigenvalue weighted by Gasteiger charge is 2.20. The maximum Gasteiger partial charge on any atom is 0.337 e. The monoisotopic (exact) mass is 306 g/mol. The van der Waals surface area contributed by atoms with E-state index in [-0.39, 0.29) is 21.8 Å². The number of carboxylic acid groups (broad SMARTS) is 1. The zero-order valence-electron chi connectivity index (χ0n) is 11.2. The Labute approximate surface area is 122 Å². The molecule has 0 unspecified atom stereocenters. The molecule has 0 saturated heterocycles. The third-order valence-corrected chi connectivity index (χ3v) is 4.43. The molecule has 4 N–H and O–H groups in total. The Bertz CT molecular complexity index is 800. The van der Waals surface area contributed by atoms with Crippen molar-refractivity contribution in [2.75, 3.05) is 10.5 Å². The second-order valence-corrected chi connectivity index (χ2v) is 6.13. The molecule has 0 fully saturated rings. The topological polar surface area (TPSA) is 109 Å². The zero-order valence-corrected chi connectivity index (χ0v) is 12.0. The highest BCUT2D eigenvalue weighted by atomic mass is 32.2. The van der Waals surface area contributed by atoms with Crippen molar-refractivity contribution < 1.29 is 18.3 Å². The Hall–Kier alpha value is -2.54. The van der Waals surface area contributed by atoms with Crippen molar-refractivity contribution in [2.24, 2.45) is 0 Å². The van der Waals surface area contributed by atoms with E-state index in [9.17, 15) is 13.2 Å². The minimum atomic E-state index is -3.87. The molecule has 0 aromatic heterocycles. The molecule has 21 heavy (non-hydrogen) atoms. The fourth-order valence-electron chi connectivity index (χ4n) is 1.89. The minimum absolute atomic E-state index is 0.0278. The van der Waals surface area contributed by atoms with E-state index in [2.05, 4.69) is 4.72 Å². The van der Waals surface area contributed by atoms with Gasteiger partial charge in [-0.05, 0) is 36.8 Å². The van der Waals surface area contributed by atoms with E-state index in [0.29, 0.717) is 5.56 Å². The van der Waals surface area contributed by atoms with Crippen LogP contribution in [-0.2, 0) is 10.0 Å². The van der Waals surface area contributed by atoms with Gasteiger partial charge in [0.2, 0.25) is 0 Å². The van der Waals surface area contributed by atoms with Crippen LogP contribution < -0.4 is 10.5 Å². The lowest BCUT2D eigenvalue weighted by atomic mass is 10.1. The molecule has 0 heterocycles. The first-order valence-corrected chi connectivity index (χ1v) is 7.51. The lowest BCUT2D eigenvalue weighted by Gasteiger charge is -2.12. The summed E-state index contributed by atoms with van der Waals surface area (Å²) in [6.07, 6.45) is 0. The second-order valence-electron chi connectivity index (χ2n) is 4.48. The third kappa shape index (κ3) is 3.14. The first-order chi connectivity index (χ1) is 9.81. The van der Waals surface area contributed by atoms with Gasteiger partial charge in [0, 0.05) is 5.69 Å². The summed E-state index contributed by atoms with van der Waals surface area (Å²) in [6.45, 7) is 1.66. The lowest BCUT2D eigenvalue weighted by Crippen LogP contribution is -2.16. The summed E-state index contributed by atoms with van der Waals surface area (Å²) in [7, 11) is -3.87. The van der Waals surface area contributed by atoms with Crippen molar-refractivity contribution in [1.29, 1.82) is 0 Å². The standard InChI is InChI=1S/C14H14N2O4S/c1-9-4-2-3-5-13(9)21(19,20)16-12-7-6-10(15)8-11(12)14(17)18/h2-8,16H,15H2,1H3,(H,17,18). The Morgan fingerprint density at radius 1 is 1.19 bits per heavy atom. The van der Waals surface area contributed by atoms with Crippen LogP contribution in [0.25, 0.3) is 0 Å². The molecule has 7 heteroatoms. The number of hydrogen-bond donors (Lipinski definition) is 3. The van der Waals surface area contributed by atoms with Crippen LogP contribution in [-0.4, -0.2) is 19.5 Å². The molecule has 0 aliphatic heterocycles. The van der Waals surface area contributed by atoms with Gasteiger partial charge in [-0.15, -0.1) is 0 Å². The van der Waals surface area contributed by atoms with Crippen molar-refractivity contribution in [3.8, 4) is 0 Å². The van der Waals surface area contributed by atoms with Crippen LogP contribution in [0.4, 0.5) is 11.4 Å². The molecule has 110 valence electrons. The highest BCUT2D eigenvalue weighted by molar-refractivity contribution is 7.92. The Morgan fingerprint density at radius 2 is 1.86 bits per heavy atom. The molecule has 6 nitrogen and oxygen atoms in total. The predicted molar refractivity (Wildman–Crippen MR) is 79.8 cm³/mol. The molecule has 0 atom stereocenters. The molecular formula is C14H14N2O4S. The lowest BCUT2D eigenvalue weighted by molar-refractivity contribution is 0.0698. The van der Waals surface area contributed by atoms with Gasteiger partial charge in [-0.2, -0.15) is 0 Å². The molecule has 0 aliphatic rings. The molecular weight excluding hydrogens is 292 g/mol. The number of carboxylic acids is 1. The molecule has 2 rings (SSSR count). The van der Waals surface area contributed by atoms with Gasteiger partial charge in [0.25, 0.3) is 10.0 Å². The van der Waals surface area contributed by atoms with Gasteiger partial charge in [0.15, 0.2) is 0 Å². The number of nitrogens with one attached hydrogen (secondary N) is 1. The highest BCUT2D eigenvalue weighted by Crippen LogP contribution is 2.23. The van der Waals surface area contributed by atoms with Crippen LogP contribution >= 0.6 is 0 Å². The van der Waals surface area contributed by atoms with Gasteiger partial charge in [-0.25, -0.2) is 13.2 Å². The van der Waals surface area contributed by atoms with E-state index in [0.717, 1.165) is 0 Å². The van der Waals surface area contributed by atoms with Crippen LogP contribution in [0, 0.1) is 6.92 Å². The number of hydrogen-bond acceptors (Lipinski definition) is 4. The van der Waals surface area contributed by atoms with Gasteiger partial charge >= 0.3 is 5.97 Å². The molecule has 2 aromatic carbocycles. The zero-order chi connectivity index (χ0) is 15.6. The summed E-state index contributed by atoms with van der Waals surface area (Å²) >= 11 is 0. The summed E-state index contributed by atoms with van der Waals surface area (Å²) in [5.74, 6) is -1.26. The number of rotatable bonds is 4. The van der Waals surface area contributed by atoms with Gasteiger partial charge in [0.1, 0.15) is 0 Å². The van der Waals surface area contributed by atoms with Crippen molar-refractivity contribution in [3.63, 3.8) is 0 Å². The largest absolute Gasteiger partial charge is 0.478 e. The number of aryl methyl sites for hydroxylation is 1. The van der Waals surface area contributed by atoms with Crippen LogP contribution in [0.3, 0.4) is 0 Å². The maximum absolute atomic E-state index is 12.3. The number of nitrogen functional groups attached to an aromatic ring is 1. The predicted octanol–water partition coefficient (Wildman–Crippen LogP) is 2.08. The van der Waals surface area contributed by atoms with E-state index in [4.69, 9.17) is 10.8 Å². The maximum atomic E-state index is 12.3. The van der Waals surface area contributed by atoms with Crippen LogP contribution in [0.5, 0.6) is 0 Å². The van der Waals surface area contributed by atoms with E-state index < -0.39 is 16.0 Å². The van der Waals surface area contributed by atoms with Crippen LogP contribution in [0.15, 0.2) is 47.4 Å². The minimum Gasteiger partial charge on any atom is -0.478 e. The van der Waals surface area contributed by atoms with Gasteiger partial charge in [-0.3, -0.25) is 4.72 Å². The number of nitrogens with two attached hydrogens (primary N) is 1. The average Bonchev–Trinajstić information content (AvgIpc) is 2.40. The van der Waals surface area contributed by atoms with Gasteiger partial charge in [-0.1, -0.05) is 18.2 Å². The SMILES string of the molecule is Cc1ccccc1S(=O)(=O)Nc1ccc(N)cc1C(=O)O. The Morgan fingerprint density at radius 3 is 2.48 bits per heavy atom. The molecule has 0 aliphatic carbocycles. The Balaban J connectivity index is 2.47. The number of carbonyl (C=O) groups is 1. The van der Waals surface area contributed by atoms with Crippen molar-refractivity contribution in [2.45, 2.75) is 11.8 Å². The third-order valence-electron chi connectivity index (χ3n) is 2.90. The first kappa shape index (κ1) is 14.9. The summed E-state index contributed by atoms with van der Waals surface area (Å²) in [5.41, 5.74) is 6.10. The van der Waals surface area contributed by atoms with Crippen molar-refractivity contribution in [1.82, 2.24) is 0 Å². The normalized spacial score (nSPS) is 11.1. The van der Waals surface area contributed by atoms with Crippen molar-refractivity contribution >= 4 is 27.4 Å². The molecule has 0 amide bonds. The smallest absolute Gasteiger partial charge is 0.337 e. The molecule has 0 spiro atoms. The molecule has 0 saturated carbocycles. The number of anilines is 2. The number of aromatic carboxylic acids is 1. The number of benzene rings is 2. The van der Waals surface area contributed by atoms with Crippen LogP contribution in [0.1, 0.15) is 15.9 Å². The fourth-order valence-corrected chi connectivity index (χ4v) is 3.21. The summed E-state index contributed by atoms with van der Waals surface area (Å²) in [6, 6.07) is 10.4. The fraction of sp³-hybridized carbons (Fsp3) is 0.0714.